The largest absolute Gasteiger partial charge is 0.490 e. The molecule has 0 unspecified atom stereocenters. The molecule has 1 fully saturated rings. The van der Waals surface area contributed by atoms with Crippen LogP contribution in [0.3, 0.4) is 0 Å². The quantitative estimate of drug-likeness (QED) is 0.840. The average molecular weight is 371 g/mol. The molecule has 1 heterocycles. The van der Waals surface area contributed by atoms with Crippen molar-refractivity contribution in [3.8, 4) is 17.2 Å². The molecule has 27 heavy (non-hydrogen) atoms. The highest BCUT2D eigenvalue weighted by atomic mass is 16.5. The van der Waals surface area contributed by atoms with Gasteiger partial charge in [-0.1, -0.05) is 24.3 Å². The number of carbonyl (C=O) groups is 2. The van der Waals surface area contributed by atoms with Gasteiger partial charge in [-0.15, -0.1) is 0 Å². The first-order valence-electron chi connectivity index (χ1n) is 8.72. The van der Waals surface area contributed by atoms with Gasteiger partial charge in [0.05, 0.1) is 25.3 Å². The molecule has 0 bridgehead atoms. The minimum atomic E-state index is -1.08. The fourth-order valence-corrected chi connectivity index (χ4v) is 2.81. The van der Waals surface area contributed by atoms with E-state index in [1.54, 1.807) is 36.4 Å². The Labute approximate surface area is 157 Å². The molecule has 1 N–H and O–H groups in total. The minimum Gasteiger partial charge on any atom is -0.490 e. The zero-order valence-electron chi connectivity index (χ0n) is 15.0. The highest BCUT2D eigenvalue weighted by Gasteiger charge is 2.30. The average Bonchev–Trinajstić information content (AvgIpc) is 2.69. The highest BCUT2D eigenvalue weighted by Crippen LogP contribution is 2.33. The van der Waals surface area contributed by atoms with Crippen molar-refractivity contribution in [1.29, 1.82) is 0 Å². The number of aliphatic carboxylic acids is 1. The SMILES string of the molecule is CCOc1ccccc1Oc1ccccc1C(=O)N1CCO[C@@H](C(=O)O)C1. The number of carbonyl (C=O) groups excluding carboxylic acids is 1. The maximum absolute atomic E-state index is 13.0. The molecule has 0 aliphatic carbocycles. The lowest BCUT2D eigenvalue weighted by Crippen LogP contribution is -2.48. The van der Waals surface area contributed by atoms with Crippen LogP contribution in [-0.4, -0.2) is 54.3 Å². The highest BCUT2D eigenvalue weighted by molar-refractivity contribution is 5.97. The Hall–Kier alpha value is -3.06. The van der Waals surface area contributed by atoms with Crippen molar-refractivity contribution in [2.24, 2.45) is 0 Å². The fraction of sp³-hybridized carbons (Fsp3) is 0.300. The van der Waals surface area contributed by atoms with Crippen LogP contribution in [0.1, 0.15) is 17.3 Å². The van der Waals surface area contributed by atoms with Crippen LogP contribution >= 0.6 is 0 Å². The zero-order valence-corrected chi connectivity index (χ0v) is 15.0. The molecule has 0 aromatic heterocycles. The van der Waals surface area contributed by atoms with Crippen LogP contribution < -0.4 is 9.47 Å². The second kappa shape index (κ2) is 8.55. The predicted molar refractivity (Wildman–Crippen MR) is 97.4 cm³/mol. The number of benzene rings is 2. The first-order valence-corrected chi connectivity index (χ1v) is 8.72. The number of carboxylic acids is 1. The summed E-state index contributed by atoms with van der Waals surface area (Å²) in [5.74, 6) is 0.0919. The molecule has 0 spiro atoms. The smallest absolute Gasteiger partial charge is 0.334 e. The fourth-order valence-electron chi connectivity index (χ4n) is 2.81. The van der Waals surface area contributed by atoms with Gasteiger partial charge in [-0.3, -0.25) is 4.79 Å². The van der Waals surface area contributed by atoms with E-state index in [1.807, 2.05) is 19.1 Å². The molecule has 3 rings (SSSR count). The van der Waals surface area contributed by atoms with Crippen LogP contribution in [0.15, 0.2) is 48.5 Å². The molecule has 1 saturated heterocycles. The Bertz CT molecular complexity index is 822. The number of ether oxygens (including phenoxy) is 3. The number of para-hydroxylation sites is 3. The number of rotatable bonds is 6. The van der Waals surface area contributed by atoms with Gasteiger partial charge in [-0.05, 0) is 31.2 Å². The summed E-state index contributed by atoms with van der Waals surface area (Å²) >= 11 is 0. The summed E-state index contributed by atoms with van der Waals surface area (Å²) in [6.45, 7) is 2.88. The summed E-state index contributed by atoms with van der Waals surface area (Å²) in [5, 5.41) is 9.14. The summed E-state index contributed by atoms with van der Waals surface area (Å²) in [7, 11) is 0. The Morgan fingerprint density at radius 1 is 1.11 bits per heavy atom. The van der Waals surface area contributed by atoms with E-state index < -0.39 is 12.1 Å². The maximum atomic E-state index is 13.0. The summed E-state index contributed by atoms with van der Waals surface area (Å²) < 4.78 is 16.7. The van der Waals surface area contributed by atoms with Crippen molar-refractivity contribution >= 4 is 11.9 Å². The van der Waals surface area contributed by atoms with E-state index in [0.29, 0.717) is 36.0 Å². The lowest BCUT2D eigenvalue weighted by atomic mass is 10.1. The number of hydrogen-bond acceptors (Lipinski definition) is 5. The molecule has 7 nitrogen and oxygen atoms in total. The van der Waals surface area contributed by atoms with Crippen LogP contribution in [0, 0.1) is 0 Å². The lowest BCUT2D eigenvalue weighted by Gasteiger charge is -2.31. The Morgan fingerprint density at radius 3 is 2.48 bits per heavy atom. The predicted octanol–water partition coefficient (Wildman–Crippen LogP) is 2.80. The van der Waals surface area contributed by atoms with Crippen LogP contribution in [0.2, 0.25) is 0 Å². The number of amides is 1. The Balaban J connectivity index is 1.84. The van der Waals surface area contributed by atoms with Gasteiger partial charge < -0.3 is 24.2 Å². The Morgan fingerprint density at radius 2 is 1.78 bits per heavy atom. The van der Waals surface area contributed by atoms with Gasteiger partial charge in [0.25, 0.3) is 5.91 Å². The van der Waals surface area contributed by atoms with Gasteiger partial charge in [0, 0.05) is 6.54 Å². The van der Waals surface area contributed by atoms with Crippen molar-refractivity contribution in [2.45, 2.75) is 13.0 Å². The summed E-state index contributed by atoms with van der Waals surface area (Å²) in [5.41, 5.74) is 0.356. The molecule has 1 aliphatic heterocycles. The van der Waals surface area contributed by atoms with Crippen molar-refractivity contribution in [3.05, 3.63) is 54.1 Å². The van der Waals surface area contributed by atoms with E-state index in [0.717, 1.165) is 0 Å². The summed E-state index contributed by atoms with van der Waals surface area (Å²) in [6.07, 6.45) is -1.02. The van der Waals surface area contributed by atoms with Gasteiger partial charge in [0.15, 0.2) is 17.6 Å². The van der Waals surface area contributed by atoms with Gasteiger partial charge in [-0.25, -0.2) is 4.79 Å². The van der Waals surface area contributed by atoms with Crippen molar-refractivity contribution < 1.29 is 28.9 Å². The van der Waals surface area contributed by atoms with Crippen molar-refractivity contribution in [1.82, 2.24) is 4.90 Å². The molecular weight excluding hydrogens is 350 g/mol. The van der Waals surface area contributed by atoms with E-state index in [4.69, 9.17) is 19.3 Å². The third-order valence-electron chi connectivity index (χ3n) is 4.12. The first kappa shape index (κ1) is 18.7. The zero-order chi connectivity index (χ0) is 19.2. The third kappa shape index (κ3) is 4.38. The van der Waals surface area contributed by atoms with E-state index >= 15 is 0 Å². The lowest BCUT2D eigenvalue weighted by molar-refractivity contribution is -0.154. The van der Waals surface area contributed by atoms with Crippen molar-refractivity contribution in [2.75, 3.05) is 26.3 Å². The normalized spacial score (nSPS) is 16.6. The van der Waals surface area contributed by atoms with Crippen LogP contribution in [-0.2, 0) is 9.53 Å². The summed E-state index contributed by atoms with van der Waals surface area (Å²) in [6, 6.07) is 14.1. The molecule has 2 aromatic carbocycles. The van der Waals surface area contributed by atoms with Crippen LogP contribution in [0.25, 0.3) is 0 Å². The number of carboxylic acid groups (broad SMARTS) is 1. The second-order valence-electron chi connectivity index (χ2n) is 5.93. The van der Waals surface area contributed by atoms with Gasteiger partial charge in [-0.2, -0.15) is 0 Å². The standard InChI is InChI=1S/C20H21NO6/c1-2-25-16-9-5-6-10-17(16)27-15-8-4-3-7-14(15)19(22)21-11-12-26-18(13-21)20(23)24/h3-10,18H,2,11-13H2,1H3,(H,23,24)/t18-/m1/s1. The molecule has 142 valence electrons. The number of morpholine rings is 1. The van der Waals surface area contributed by atoms with E-state index in [9.17, 15) is 9.59 Å². The third-order valence-corrected chi connectivity index (χ3v) is 4.12. The monoisotopic (exact) mass is 371 g/mol. The van der Waals surface area contributed by atoms with E-state index in [-0.39, 0.29) is 19.1 Å². The topological polar surface area (TPSA) is 85.3 Å². The van der Waals surface area contributed by atoms with Gasteiger partial charge in [0.2, 0.25) is 0 Å². The minimum absolute atomic E-state index is 0.00195. The van der Waals surface area contributed by atoms with Crippen LogP contribution in [0.4, 0.5) is 0 Å². The molecule has 0 saturated carbocycles. The van der Waals surface area contributed by atoms with Gasteiger partial charge >= 0.3 is 5.97 Å². The van der Waals surface area contributed by atoms with E-state index in [2.05, 4.69) is 0 Å². The van der Waals surface area contributed by atoms with E-state index in [1.165, 1.54) is 4.90 Å². The number of hydrogen-bond donors (Lipinski definition) is 1. The molecule has 2 aromatic rings. The molecule has 0 radical (unpaired) electrons. The van der Waals surface area contributed by atoms with Crippen LogP contribution in [0.5, 0.6) is 17.2 Å². The molecule has 1 atom stereocenters. The molecular formula is C20H21NO6. The second-order valence-corrected chi connectivity index (χ2v) is 5.93. The molecule has 7 heteroatoms. The van der Waals surface area contributed by atoms with Crippen molar-refractivity contribution in [3.63, 3.8) is 0 Å². The molecule has 1 aliphatic rings. The number of nitrogens with zero attached hydrogens (tertiary/aromatic N) is 1. The maximum Gasteiger partial charge on any atom is 0.334 e. The Kier molecular flexibility index (Phi) is 5.93. The van der Waals surface area contributed by atoms with Gasteiger partial charge in [0.1, 0.15) is 5.75 Å². The first-order chi connectivity index (χ1) is 13.1. The molecule has 1 amide bonds. The summed E-state index contributed by atoms with van der Waals surface area (Å²) in [4.78, 5) is 25.6.